The highest BCUT2D eigenvalue weighted by molar-refractivity contribution is 7.86. The summed E-state index contributed by atoms with van der Waals surface area (Å²) in [6.07, 6.45) is 0. The van der Waals surface area contributed by atoms with Gasteiger partial charge in [0, 0.05) is 32.1 Å². The average Bonchev–Trinajstić information content (AvgIpc) is 3.05. The van der Waals surface area contributed by atoms with Crippen molar-refractivity contribution in [2.75, 3.05) is 46.0 Å². The van der Waals surface area contributed by atoms with Crippen LogP contribution in [0.2, 0.25) is 0 Å². The van der Waals surface area contributed by atoms with Gasteiger partial charge in [0.25, 0.3) is 10.2 Å². The predicted molar refractivity (Wildman–Crippen MR) is 87.6 cm³/mol. The molecule has 2 fully saturated rings. The molecule has 2 saturated heterocycles. The Bertz CT molecular complexity index is 792. The molecule has 3 aliphatic rings. The van der Waals surface area contributed by atoms with Gasteiger partial charge < -0.3 is 14.6 Å². The van der Waals surface area contributed by atoms with Crippen LogP contribution in [0, 0.1) is 5.41 Å². The molecular formula is C16H20N2O6S. The van der Waals surface area contributed by atoms with Gasteiger partial charge in [-0.1, -0.05) is 18.2 Å². The molecule has 8 nitrogen and oxygen atoms in total. The molecular weight excluding hydrogens is 348 g/mol. The van der Waals surface area contributed by atoms with E-state index < -0.39 is 27.5 Å². The number of hydrogen-bond acceptors (Lipinski definition) is 5. The quantitative estimate of drug-likeness (QED) is 0.814. The van der Waals surface area contributed by atoms with Crippen LogP contribution >= 0.6 is 0 Å². The van der Waals surface area contributed by atoms with E-state index >= 15 is 0 Å². The molecule has 136 valence electrons. The van der Waals surface area contributed by atoms with E-state index in [0.717, 1.165) is 5.56 Å². The second kappa shape index (κ2) is 5.94. The summed E-state index contributed by atoms with van der Waals surface area (Å²) in [6.45, 7) is 1.32. The van der Waals surface area contributed by atoms with Crippen molar-refractivity contribution >= 4 is 16.2 Å². The van der Waals surface area contributed by atoms with Crippen LogP contribution in [-0.4, -0.2) is 74.1 Å². The summed E-state index contributed by atoms with van der Waals surface area (Å²) in [6, 6.07) is 7.25. The number of carboxylic acid groups (broad SMARTS) is 1. The molecule has 0 saturated carbocycles. The second-order valence-electron chi connectivity index (χ2n) is 6.65. The Morgan fingerprint density at radius 1 is 1.20 bits per heavy atom. The van der Waals surface area contributed by atoms with E-state index in [1.54, 1.807) is 6.07 Å². The van der Waals surface area contributed by atoms with Crippen molar-refractivity contribution in [1.29, 1.82) is 0 Å². The van der Waals surface area contributed by atoms with Crippen LogP contribution < -0.4 is 4.74 Å². The normalized spacial score (nSPS) is 30.3. The van der Waals surface area contributed by atoms with E-state index in [-0.39, 0.29) is 32.8 Å². The molecule has 0 amide bonds. The average molecular weight is 368 g/mol. The highest BCUT2D eigenvalue weighted by Crippen LogP contribution is 2.50. The van der Waals surface area contributed by atoms with Crippen LogP contribution in [0.25, 0.3) is 0 Å². The van der Waals surface area contributed by atoms with Crippen molar-refractivity contribution < 1.29 is 27.8 Å². The summed E-state index contributed by atoms with van der Waals surface area (Å²) in [5.74, 6) is -0.813. The van der Waals surface area contributed by atoms with Crippen LogP contribution in [0.3, 0.4) is 0 Å². The number of rotatable bonds is 3. The molecule has 0 radical (unpaired) electrons. The fraction of sp³-hybridized carbons (Fsp3) is 0.562. The summed E-state index contributed by atoms with van der Waals surface area (Å²) in [7, 11) is -3.73. The third-order valence-corrected chi connectivity index (χ3v) is 7.29. The van der Waals surface area contributed by atoms with Crippen molar-refractivity contribution in [2.45, 2.75) is 5.92 Å². The molecule has 0 unspecified atom stereocenters. The highest BCUT2D eigenvalue weighted by atomic mass is 32.2. The van der Waals surface area contributed by atoms with Gasteiger partial charge in [0.1, 0.15) is 17.8 Å². The van der Waals surface area contributed by atoms with Crippen LogP contribution in [0.4, 0.5) is 0 Å². The molecule has 9 heteroatoms. The fourth-order valence-electron chi connectivity index (χ4n) is 3.91. The molecule has 4 rings (SSSR count). The zero-order valence-electron chi connectivity index (χ0n) is 13.6. The highest BCUT2D eigenvalue weighted by Gasteiger charge is 2.59. The Kier molecular flexibility index (Phi) is 3.99. The Morgan fingerprint density at radius 2 is 1.92 bits per heavy atom. The van der Waals surface area contributed by atoms with Gasteiger partial charge in [-0.05, 0) is 11.6 Å². The van der Waals surface area contributed by atoms with Gasteiger partial charge >= 0.3 is 5.97 Å². The first-order chi connectivity index (χ1) is 11.9. The van der Waals surface area contributed by atoms with E-state index in [0.29, 0.717) is 19.0 Å². The lowest BCUT2D eigenvalue weighted by Crippen LogP contribution is -2.50. The number of hydrogen-bond donors (Lipinski definition) is 1. The number of aliphatic carboxylic acids is 1. The van der Waals surface area contributed by atoms with Crippen molar-refractivity contribution in [3.63, 3.8) is 0 Å². The summed E-state index contributed by atoms with van der Waals surface area (Å²) in [5.41, 5.74) is -0.496. The summed E-state index contributed by atoms with van der Waals surface area (Å²) in [5, 5.41) is 9.88. The van der Waals surface area contributed by atoms with Crippen LogP contribution in [-0.2, 0) is 19.7 Å². The fourth-order valence-corrected chi connectivity index (χ4v) is 5.58. The number of carboxylic acids is 1. The van der Waals surface area contributed by atoms with Gasteiger partial charge in [0.05, 0.1) is 13.2 Å². The first-order valence-corrected chi connectivity index (χ1v) is 9.63. The predicted octanol–water partition coefficient (Wildman–Crippen LogP) is 0.126. The minimum absolute atomic E-state index is 0.0286. The first kappa shape index (κ1) is 16.8. The number of carbonyl (C=O) groups is 1. The second-order valence-corrected chi connectivity index (χ2v) is 8.58. The van der Waals surface area contributed by atoms with Gasteiger partial charge in [0.15, 0.2) is 0 Å². The number of para-hydroxylation sites is 1. The smallest absolute Gasteiger partial charge is 0.315 e. The van der Waals surface area contributed by atoms with E-state index in [2.05, 4.69) is 0 Å². The molecule has 3 heterocycles. The maximum Gasteiger partial charge on any atom is 0.315 e. The minimum atomic E-state index is -3.73. The van der Waals surface area contributed by atoms with E-state index in [9.17, 15) is 18.3 Å². The van der Waals surface area contributed by atoms with Crippen molar-refractivity contribution in [2.24, 2.45) is 5.41 Å². The summed E-state index contributed by atoms with van der Waals surface area (Å²) in [4.78, 5) is 12.1. The molecule has 2 atom stereocenters. The molecule has 1 aromatic carbocycles. The maximum atomic E-state index is 13.0. The topological polar surface area (TPSA) is 96.4 Å². The lowest BCUT2D eigenvalue weighted by Gasteiger charge is -2.35. The van der Waals surface area contributed by atoms with Crippen molar-refractivity contribution in [1.82, 2.24) is 8.61 Å². The Hall–Kier alpha value is -1.68. The molecule has 25 heavy (non-hydrogen) atoms. The molecule has 0 spiro atoms. The maximum absolute atomic E-state index is 13.0. The van der Waals surface area contributed by atoms with Crippen LogP contribution in [0.5, 0.6) is 5.75 Å². The standard InChI is InChI=1S/C16H20N2O6S/c19-15(20)16-10-18(25(21,22)17-5-7-23-8-6-17)9-13(16)12-3-1-2-4-14(12)24-11-16/h1-4,13H,5-11H2,(H,19,20)/t13-,16-/m1/s1. The summed E-state index contributed by atoms with van der Waals surface area (Å²) >= 11 is 0. The Labute approximate surface area is 146 Å². The summed E-state index contributed by atoms with van der Waals surface area (Å²) < 4.78 is 39.5. The molecule has 0 aromatic heterocycles. The Balaban J connectivity index is 1.70. The van der Waals surface area contributed by atoms with E-state index in [4.69, 9.17) is 9.47 Å². The van der Waals surface area contributed by atoms with Crippen molar-refractivity contribution in [3.8, 4) is 5.75 Å². The SMILES string of the molecule is O=C(O)[C@]12COc3ccccc3[C@H]1CN(S(=O)(=O)N1CCOCC1)C2. The zero-order valence-corrected chi connectivity index (χ0v) is 14.4. The van der Waals surface area contributed by atoms with Crippen LogP contribution in [0.15, 0.2) is 24.3 Å². The largest absolute Gasteiger partial charge is 0.492 e. The molecule has 0 aliphatic carbocycles. The van der Waals surface area contributed by atoms with Gasteiger partial charge in [-0.3, -0.25) is 4.79 Å². The number of nitrogens with zero attached hydrogens (tertiary/aromatic N) is 2. The van der Waals surface area contributed by atoms with E-state index in [1.165, 1.54) is 8.61 Å². The molecule has 1 N–H and O–H groups in total. The molecule has 3 aliphatic heterocycles. The monoisotopic (exact) mass is 368 g/mol. The molecule has 1 aromatic rings. The lowest BCUT2D eigenvalue weighted by atomic mass is 9.73. The molecule has 0 bridgehead atoms. The third kappa shape index (κ3) is 2.53. The minimum Gasteiger partial charge on any atom is -0.492 e. The van der Waals surface area contributed by atoms with Crippen molar-refractivity contribution in [3.05, 3.63) is 29.8 Å². The number of fused-ring (bicyclic) bond motifs is 3. The zero-order chi connectivity index (χ0) is 17.7. The van der Waals surface area contributed by atoms with Crippen LogP contribution in [0.1, 0.15) is 11.5 Å². The lowest BCUT2D eigenvalue weighted by molar-refractivity contribution is -0.151. The first-order valence-electron chi connectivity index (χ1n) is 8.23. The van der Waals surface area contributed by atoms with Gasteiger partial charge in [0.2, 0.25) is 0 Å². The number of morpholine rings is 1. The van der Waals surface area contributed by atoms with Gasteiger partial charge in [-0.25, -0.2) is 0 Å². The Morgan fingerprint density at radius 3 is 2.64 bits per heavy atom. The van der Waals surface area contributed by atoms with E-state index in [1.807, 2.05) is 18.2 Å². The third-order valence-electron chi connectivity index (χ3n) is 5.34. The van der Waals surface area contributed by atoms with Gasteiger partial charge in [-0.2, -0.15) is 17.0 Å². The van der Waals surface area contributed by atoms with Gasteiger partial charge in [-0.15, -0.1) is 0 Å². The number of benzene rings is 1. The number of ether oxygens (including phenoxy) is 2.